The molecule has 0 bridgehead atoms. The van der Waals surface area contributed by atoms with Gasteiger partial charge < -0.3 is 38.8 Å². The van der Waals surface area contributed by atoms with Crippen molar-refractivity contribution in [2.75, 3.05) is 27.0 Å². The highest BCUT2D eigenvalue weighted by atomic mass is 16.8. The lowest BCUT2D eigenvalue weighted by Crippen LogP contribution is -2.46. The van der Waals surface area contributed by atoms with Crippen molar-refractivity contribution in [2.45, 2.75) is 57.9 Å². The van der Waals surface area contributed by atoms with Gasteiger partial charge >= 0.3 is 0 Å². The molecule has 1 fully saturated rings. The van der Waals surface area contributed by atoms with Crippen LogP contribution in [0.1, 0.15) is 43.6 Å². The van der Waals surface area contributed by atoms with Crippen LogP contribution in [0, 0.1) is 0 Å². The second-order valence-electron chi connectivity index (χ2n) is 8.17. The largest absolute Gasteiger partial charge is 0.492 e. The SMILES string of the molecule is CCN(CC)C(=O)c1c(C2=C[C@H](O)[C@H]3OC(C)(C)O[C@H]3[C@H]2O)cc2c(c1OC)OCO2. The van der Waals surface area contributed by atoms with E-state index in [1.54, 1.807) is 24.8 Å². The molecule has 31 heavy (non-hydrogen) atoms. The Morgan fingerprint density at radius 3 is 2.52 bits per heavy atom. The Morgan fingerprint density at radius 2 is 1.87 bits per heavy atom. The summed E-state index contributed by atoms with van der Waals surface area (Å²) in [6.45, 7) is 8.20. The molecule has 0 aromatic heterocycles. The summed E-state index contributed by atoms with van der Waals surface area (Å²) in [6, 6.07) is 1.64. The van der Waals surface area contributed by atoms with Crippen molar-refractivity contribution in [2.24, 2.45) is 0 Å². The van der Waals surface area contributed by atoms with Crippen LogP contribution in [0.5, 0.6) is 17.2 Å². The fourth-order valence-electron chi connectivity index (χ4n) is 4.44. The van der Waals surface area contributed by atoms with Crippen LogP contribution < -0.4 is 14.2 Å². The van der Waals surface area contributed by atoms with Gasteiger partial charge in [0.2, 0.25) is 12.5 Å². The van der Waals surface area contributed by atoms with Crippen LogP contribution >= 0.6 is 0 Å². The molecule has 2 aliphatic heterocycles. The van der Waals surface area contributed by atoms with E-state index in [0.29, 0.717) is 35.7 Å². The zero-order valence-corrected chi connectivity index (χ0v) is 18.4. The molecule has 1 saturated heterocycles. The van der Waals surface area contributed by atoms with E-state index < -0.39 is 30.2 Å². The first-order valence-electron chi connectivity index (χ1n) is 10.5. The number of hydrogen-bond donors (Lipinski definition) is 2. The Balaban J connectivity index is 1.88. The van der Waals surface area contributed by atoms with Gasteiger partial charge in [-0.1, -0.05) is 0 Å². The number of methoxy groups -OCH3 is 1. The monoisotopic (exact) mass is 435 g/mol. The number of rotatable bonds is 5. The molecule has 0 unspecified atom stereocenters. The average molecular weight is 435 g/mol. The number of nitrogens with zero attached hydrogens (tertiary/aromatic N) is 1. The Hall–Kier alpha value is -2.33. The van der Waals surface area contributed by atoms with Gasteiger partial charge in [0.15, 0.2) is 17.3 Å². The minimum atomic E-state index is -1.14. The van der Waals surface area contributed by atoms with Crippen LogP contribution in [-0.4, -0.2) is 78.2 Å². The molecule has 0 spiro atoms. The zero-order chi connectivity index (χ0) is 22.5. The van der Waals surface area contributed by atoms with Crippen molar-refractivity contribution in [3.05, 3.63) is 23.3 Å². The summed E-state index contributed by atoms with van der Waals surface area (Å²) < 4.78 is 28.3. The second kappa shape index (κ2) is 7.98. The molecule has 2 heterocycles. The molecule has 9 nitrogen and oxygen atoms in total. The van der Waals surface area contributed by atoms with Crippen LogP contribution in [-0.2, 0) is 9.47 Å². The maximum absolute atomic E-state index is 13.5. The minimum Gasteiger partial charge on any atom is -0.492 e. The van der Waals surface area contributed by atoms with Gasteiger partial charge in [-0.3, -0.25) is 4.79 Å². The zero-order valence-electron chi connectivity index (χ0n) is 18.4. The highest BCUT2D eigenvalue weighted by Gasteiger charge is 2.51. The molecular weight excluding hydrogens is 406 g/mol. The number of benzene rings is 1. The molecule has 3 aliphatic rings. The quantitative estimate of drug-likeness (QED) is 0.718. The van der Waals surface area contributed by atoms with Gasteiger partial charge in [-0.05, 0) is 45.4 Å². The number of aliphatic hydroxyl groups excluding tert-OH is 2. The van der Waals surface area contributed by atoms with Crippen molar-refractivity contribution >= 4 is 11.5 Å². The van der Waals surface area contributed by atoms with Crippen molar-refractivity contribution in [3.8, 4) is 17.2 Å². The van der Waals surface area contributed by atoms with E-state index in [1.807, 2.05) is 13.8 Å². The lowest BCUT2D eigenvalue weighted by Gasteiger charge is -2.33. The summed E-state index contributed by atoms with van der Waals surface area (Å²) in [6.07, 6.45) is -2.17. The standard InChI is InChI=1S/C22H29NO8/c1-6-23(7-2)21(26)15-11(9-14-18(19(15)27-5)29-10-28-14)12-8-13(24)17-20(16(12)25)31-22(3,4)30-17/h8-9,13,16-17,20,24-25H,6-7,10H2,1-5H3/t13-,16-,17+,20-/m0/s1. The lowest BCUT2D eigenvalue weighted by atomic mass is 9.83. The Labute approximate surface area is 181 Å². The normalized spacial score (nSPS) is 28.2. The summed E-state index contributed by atoms with van der Waals surface area (Å²) in [5.41, 5.74) is 0.989. The summed E-state index contributed by atoms with van der Waals surface area (Å²) in [5, 5.41) is 21.9. The molecular formula is C22H29NO8. The Morgan fingerprint density at radius 1 is 1.19 bits per heavy atom. The molecule has 9 heteroatoms. The van der Waals surface area contributed by atoms with Crippen LogP contribution in [0.15, 0.2) is 12.1 Å². The molecule has 170 valence electrons. The van der Waals surface area contributed by atoms with E-state index in [9.17, 15) is 15.0 Å². The number of fused-ring (bicyclic) bond motifs is 2. The topological polar surface area (TPSA) is 107 Å². The van der Waals surface area contributed by atoms with Crippen molar-refractivity contribution in [1.82, 2.24) is 4.90 Å². The van der Waals surface area contributed by atoms with Crippen LogP contribution in [0.25, 0.3) is 5.57 Å². The van der Waals surface area contributed by atoms with Crippen molar-refractivity contribution in [1.29, 1.82) is 0 Å². The molecule has 4 atom stereocenters. The van der Waals surface area contributed by atoms with Gasteiger partial charge in [-0.25, -0.2) is 0 Å². The number of amides is 1. The fourth-order valence-corrected chi connectivity index (χ4v) is 4.44. The molecule has 0 radical (unpaired) electrons. The first-order valence-corrected chi connectivity index (χ1v) is 10.5. The number of carbonyl (C=O) groups excluding carboxylic acids is 1. The van der Waals surface area contributed by atoms with Crippen molar-refractivity contribution < 1.29 is 38.7 Å². The third kappa shape index (κ3) is 3.55. The van der Waals surface area contributed by atoms with E-state index in [1.165, 1.54) is 13.2 Å². The number of ether oxygens (including phenoxy) is 5. The first-order chi connectivity index (χ1) is 14.7. The average Bonchev–Trinajstić information content (AvgIpc) is 3.33. The van der Waals surface area contributed by atoms with Crippen LogP contribution in [0.3, 0.4) is 0 Å². The summed E-state index contributed by atoms with van der Waals surface area (Å²) in [5.74, 6) is -0.254. The Kier molecular flexibility index (Phi) is 5.63. The highest BCUT2D eigenvalue weighted by Crippen LogP contribution is 2.49. The lowest BCUT2D eigenvalue weighted by molar-refractivity contribution is -0.155. The number of aliphatic hydroxyl groups is 2. The predicted octanol–water partition coefficient (Wildman–Crippen LogP) is 1.54. The summed E-state index contributed by atoms with van der Waals surface area (Å²) in [4.78, 5) is 15.1. The van der Waals surface area contributed by atoms with E-state index in [0.717, 1.165) is 0 Å². The molecule has 1 aromatic rings. The van der Waals surface area contributed by atoms with Gasteiger partial charge in [0.1, 0.15) is 24.4 Å². The predicted molar refractivity (Wildman–Crippen MR) is 110 cm³/mol. The minimum absolute atomic E-state index is 0.00584. The van der Waals surface area contributed by atoms with E-state index in [4.69, 9.17) is 23.7 Å². The second-order valence-corrected chi connectivity index (χ2v) is 8.17. The summed E-state index contributed by atoms with van der Waals surface area (Å²) in [7, 11) is 1.45. The van der Waals surface area contributed by atoms with E-state index in [-0.39, 0.29) is 24.0 Å². The molecule has 4 rings (SSSR count). The van der Waals surface area contributed by atoms with Crippen molar-refractivity contribution in [3.63, 3.8) is 0 Å². The molecule has 1 aliphatic carbocycles. The summed E-state index contributed by atoms with van der Waals surface area (Å²) >= 11 is 0. The third-order valence-electron chi connectivity index (χ3n) is 5.88. The number of carbonyl (C=O) groups is 1. The van der Waals surface area contributed by atoms with Crippen LogP contribution in [0.4, 0.5) is 0 Å². The maximum Gasteiger partial charge on any atom is 0.258 e. The van der Waals surface area contributed by atoms with E-state index >= 15 is 0 Å². The Bertz CT molecular complexity index is 907. The molecule has 0 saturated carbocycles. The molecule has 2 N–H and O–H groups in total. The number of hydrogen-bond acceptors (Lipinski definition) is 8. The molecule has 1 aromatic carbocycles. The van der Waals surface area contributed by atoms with Gasteiger partial charge in [0.25, 0.3) is 5.91 Å². The molecule has 1 amide bonds. The smallest absolute Gasteiger partial charge is 0.258 e. The third-order valence-corrected chi connectivity index (χ3v) is 5.88. The van der Waals surface area contributed by atoms with Gasteiger partial charge in [0.05, 0.1) is 12.7 Å². The van der Waals surface area contributed by atoms with Gasteiger partial charge in [-0.2, -0.15) is 0 Å². The van der Waals surface area contributed by atoms with E-state index in [2.05, 4.69) is 0 Å². The highest BCUT2D eigenvalue weighted by molar-refractivity contribution is 6.04. The first kappa shape index (κ1) is 21.9. The van der Waals surface area contributed by atoms with Gasteiger partial charge in [-0.15, -0.1) is 0 Å². The fraction of sp³-hybridized carbons (Fsp3) is 0.591. The van der Waals surface area contributed by atoms with Gasteiger partial charge in [0, 0.05) is 18.7 Å². The van der Waals surface area contributed by atoms with Crippen LogP contribution in [0.2, 0.25) is 0 Å². The maximum atomic E-state index is 13.5.